The molecule has 0 aliphatic carbocycles. The summed E-state index contributed by atoms with van der Waals surface area (Å²) in [6.07, 6.45) is 0.928. The van der Waals surface area contributed by atoms with E-state index in [0.717, 1.165) is 23.0 Å². The summed E-state index contributed by atoms with van der Waals surface area (Å²) in [5.74, 6) is -0.883. The first-order valence-corrected chi connectivity index (χ1v) is 4.55. The van der Waals surface area contributed by atoms with Gasteiger partial charge >= 0.3 is 5.97 Å². The van der Waals surface area contributed by atoms with Gasteiger partial charge in [0.1, 0.15) is 0 Å². The van der Waals surface area contributed by atoms with E-state index in [0.29, 0.717) is 5.56 Å². The highest BCUT2D eigenvalue weighted by Gasteiger charge is 2.05. The van der Waals surface area contributed by atoms with Gasteiger partial charge in [-0.25, -0.2) is 4.79 Å². The summed E-state index contributed by atoms with van der Waals surface area (Å²) >= 11 is 0. The fourth-order valence-electron chi connectivity index (χ4n) is 1.52. The smallest absolute Gasteiger partial charge is 0.335 e. The molecule has 0 saturated carbocycles. The zero-order chi connectivity index (χ0) is 10.1. The molecule has 1 heterocycles. The number of hydrogen-bond acceptors (Lipinski definition) is 1. The van der Waals surface area contributed by atoms with Crippen molar-refractivity contribution < 1.29 is 9.90 Å². The van der Waals surface area contributed by atoms with Crippen molar-refractivity contribution in [2.45, 2.75) is 13.3 Å². The Balaban J connectivity index is 2.59. The van der Waals surface area contributed by atoms with Crippen molar-refractivity contribution in [3.05, 3.63) is 35.5 Å². The topological polar surface area (TPSA) is 53.1 Å². The molecule has 2 rings (SSSR count). The number of aromatic amines is 1. The minimum Gasteiger partial charge on any atom is -0.478 e. The van der Waals surface area contributed by atoms with E-state index in [9.17, 15) is 4.79 Å². The van der Waals surface area contributed by atoms with Crippen LogP contribution < -0.4 is 0 Å². The van der Waals surface area contributed by atoms with Gasteiger partial charge in [0.15, 0.2) is 0 Å². The Morgan fingerprint density at radius 3 is 2.86 bits per heavy atom. The summed E-state index contributed by atoms with van der Waals surface area (Å²) in [6, 6.07) is 7.09. The van der Waals surface area contributed by atoms with Gasteiger partial charge in [0, 0.05) is 16.6 Å². The summed E-state index contributed by atoms with van der Waals surface area (Å²) in [6.45, 7) is 2.06. The van der Waals surface area contributed by atoms with E-state index in [1.165, 1.54) is 0 Å². The molecule has 0 bridgehead atoms. The third-order valence-corrected chi connectivity index (χ3v) is 2.30. The Morgan fingerprint density at radius 1 is 1.43 bits per heavy atom. The van der Waals surface area contributed by atoms with Crippen LogP contribution in [0.2, 0.25) is 0 Å². The number of aryl methyl sites for hydroxylation is 1. The second-order valence-corrected chi connectivity index (χ2v) is 3.26. The van der Waals surface area contributed by atoms with Crippen LogP contribution in [0.5, 0.6) is 0 Å². The number of benzene rings is 1. The molecule has 0 fully saturated rings. The van der Waals surface area contributed by atoms with Gasteiger partial charge in [-0.1, -0.05) is 6.92 Å². The number of aromatic carboxylic acids is 1. The summed E-state index contributed by atoms with van der Waals surface area (Å²) in [4.78, 5) is 13.9. The molecule has 0 aliphatic rings. The van der Waals surface area contributed by atoms with E-state index < -0.39 is 5.97 Å². The first-order chi connectivity index (χ1) is 6.70. The number of H-pyrrole nitrogens is 1. The second kappa shape index (κ2) is 3.18. The van der Waals surface area contributed by atoms with Crippen LogP contribution in [0, 0.1) is 0 Å². The van der Waals surface area contributed by atoms with E-state index >= 15 is 0 Å². The van der Waals surface area contributed by atoms with E-state index in [-0.39, 0.29) is 0 Å². The van der Waals surface area contributed by atoms with Crippen LogP contribution in [0.3, 0.4) is 0 Å². The minimum atomic E-state index is -0.883. The molecular weight excluding hydrogens is 178 g/mol. The third-order valence-electron chi connectivity index (χ3n) is 2.30. The fraction of sp³-hybridized carbons (Fsp3) is 0.182. The highest BCUT2D eigenvalue weighted by Crippen LogP contribution is 2.17. The molecule has 3 heteroatoms. The number of hydrogen-bond donors (Lipinski definition) is 2. The third kappa shape index (κ3) is 1.37. The highest BCUT2D eigenvalue weighted by atomic mass is 16.4. The molecule has 2 aromatic rings. The van der Waals surface area contributed by atoms with Crippen molar-refractivity contribution in [2.24, 2.45) is 0 Å². The van der Waals surface area contributed by atoms with E-state index in [2.05, 4.69) is 11.9 Å². The predicted molar refractivity (Wildman–Crippen MR) is 54.6 cm³/mol. The summed E-state index contributed by atoms with van der Waals surface area (Å²) in [7, 11) is 0. The number of aromatic nitrogens is 1. The van der Waals surface area contributed by atoms with Gasteiger partial charge in [-0.2, -0.15) is 0 Å². The van der Waals surface area contributed by atoms with Crippen molar-refractivity contribution in [3.8, 4) is 0 Å². The summed E-state index contributed by atoms with van der Waals surface area (Å²) in [5, 5.41) is 9.76. The first kappa shape index (κ1) is 8.81. The van der Waals surface area contributed by atoms with Gasteiger partial charge in [0.05, 0.1) is 5.56 Å². The highest BCUT2D eigenvalue weighted by molar-refractivity contribution is 5.93. The molecule has 1 aromatic heterocycles. The SMILES string of the molecule is CCc1cc2cc(C(=O)O)ccc2[nH]1. The lowest BCUT2D eigenvalue weighted by molar-refractivity contribution is 0.0697. The molecule has 0 saturated heterocycles. The van der Waals surface area contributed by atoms with Gasteiger partial charge in [-0.05, 0) is 30.7 Å². The van der Waals surface area contributed by atoms with Crippen LogP contribution in [0.25, 0.3) is 10.9 Å². The Labute approximate surface area is 81.4 Å². The van der Waals surface area contributed by atoms with E-state index in [4.69, 9.17) is 5.11 Å². The van der Waals surface area contributed by atoms with Gasteiger partial charge in [0.2, 0.25) is 0 Å². The maximum absolute atomic E-state index is 10.7. The molecule has 0 atom stereocenters. The van der Waals surface area contributed by atoms with Crippen LogP contribution in [-0.2, 0) is 6.42 Å². The van der Waals surface area contributed by atoms with E-state index in [1.807, 2.05) is 6.07 Å². The van der Waals surface area contributed by atoms with Crippen LogP contribution in [0.4, 0.5) is 0 Å². The van der Waals surface area contributed by atoms with Crippen LogP contribution >= 0.6 is 0 Å². The van der Waals surface area contributed by atoms with Gasteiger partial charge in [-0.3, -0.25) is 0 Å². The second-order valence-electron chi connectivity index (χ2n) is 3.26. The zero-order valence-electron chi connectivity index (χ0n) is 7.87. The fourth-order valence-corrected chi connectivity index (χ4v) is 1.52. The summed E-state index contributed by atoms with van der Waals surface area (Å²) < 4.78 is 0. The monoisotopic (exact) mass is 189 g/mol. The van der Waals surface area contributed by atoms with Crippen molar-refractivity contribution in [1.82, 2.24) is 4.98 Å². The predicted octanol–water partition coefficient (Wildman–Crippen LogP) is 2.43. The largest absolute Gasteiger partial charge is 0.478 e. The molecule has 0 unspecified atom stereocenters. The van der Waals surface area contributed by atoms with Crippen LogP contribution in [-0.4, -0.2) is 16.1 Å². The average molecular weight is 189 g/mol. The van der Waals surface area contributed by atoms with Crippen LogP contribution in [0.15, 0.2) is 24.3 Å². The lowest BCUT2D eigenvalue weighted by Crippen LogP contribution is -1.94. The van der Waals surface area contributed by atoms with E-state index in [1.54, 1.807) is 18.2 Å². The summed E-state index contributed by atoms with van der Waals surface area (Å²) in [5.41, 5.74) is 2.45. The number of rotatable bonds is 2. The normalized spacial score (nSPS) is 10.6. The molecule has 3 nitrogen and oxygen atoms in total. The Bertz CT molecular complexity index is 485. The molecule has 0 amide bonds. The van der Waals surface area contributed by atoms with Gasteiger partial charge < -0.3 is 10.1 Å². The molecule has 0 aliphatic heterocycles. The van der Waals surface area contributed by atoms with Crippen molar-refractivity contribution in [3.63, 3.8) is 0 Å². The first-order valence-electron chi connectivity index (χ1n) is 4.55. The number of carbonyl (C=O) groups is 1. The molecule has 72 valence electrons. The quantitative estimate of drug-likeness (QED) is 0.762. The molecule has 0 radical (unpaired) electrons. The average Bonchev–Trinajstić information content (AvgIpc) is 2.58. The molecule has 0 spiro atoms. The zero-order valence-corrected chi connectivity index (χ0v) is 7.87. The van der Waals surface area contributed by atoms with Gasteiger partial charge in [-0.15, -0.1) is 0 Å². The minimum absolute atomic E-state index is 0.333. The standard InChI is InChI=1S/C11H11NO2/c1-2-9-6-8-5-7(11(13)14)3-4-10(8)12-9/h3-6,12H,2H2,1H3,(H,13,14). The number of carboxylic acid groups (broad SMARTS) is 1. The maximum atomic E-state index is 10.7. The Morgan fingerprint density at radius 2 is 2.21 bits per heavy atom. The Kier molecular flexibility index (Phi) is 2.00. The molecular formula is C11H11NO2. The van der Waals surface area contributed by atoms with Crippen molar-refractivity contribution in [1.29, 1.82) is 0 Å². The molecule has 2 N–H and O–H groups in total. The van der Waals surface area contributed by atoms with Crippen molar-refractivity contribution in [2.75, 3.05) is 0 Å². The van der Waals surface area contributed by atoms with Crippen LogP contribution in [0.1, 0.15) is 23.0 Å². The Hall–Kier alpha value is -1.77. The molecule has 1 aromatic carbocycles. The number of fused-ring (bicyclic) bond motifs is 1. The maximum Gasteiger partial charge on any atom is 0.335 e. The number of nitrogens with one attached hydrogen (secondary N) is 1. The van der Waals surface area contributed by atoms with Crippen molar-refractivity contribution >= 4 is 16.9 Å². The number of carboxylic acids is 1. The van der Waals surface area contributed by atoms with Gasteiger partial charge in [0.25, 0.3) is 0 Å². The lowest BCUT2D eigenvalue weighted by Gasteiger charge is -1.93. The molecule has 14 heavy (non-hydrogen) atoms. The lowest BCUT2D eigenvalue weighted by atomic mass is 10.1.